The molecule has 4 rings (SSSR count). The van der Waals surface area contributed by atoms with Gasteiger partial charge in [-0.25, -0.2) is 18.0 Å². The number of hydrogen-bond acceptors (Lipinski definition) is 9. The number of rotatable bonds is 22. The summed E-state index contributed by atoms with van der Waals surface area (Å²) < 4.78 is 28.5. The number of carbonyl (C=O) groups excluding carboxylic acids is 5. The second kappa shape index (κ2) is 23.4. The van der Waals surface area contributed by atoms with Crippen molar-refractivity contribution < 1.29 is 42.3 Å². The fraction of sp³-hybridized carbons (Fsp3) is 0.455. The van der Waals surface area contributed by atoms with Gasteiger partial charge in [-0.1, -0.05) is 68.8 Å². The lowest BCUT2D eigenvalue weighted by atomic mass is 10.0. The van der Waals surface area contributed by atoms with Gasteiger partial charge in [-0.05, 0) is 92.9 Å². The fourth-order valence-electron chi connectivity index (χ4n) is 7.10. The number of benzene rings is 3. The van der Waals surface area contributed by atoms with Crippen molar-refractivity contribution in [2.45, 2.75) is 101 Å². The van der Waals surface area contributed by atoms with Crippen LogP contribution in [0.5, 0.6) is 0 Å². The Morgan fingerprint density at radius 3 is 2.23 bits per heavy atom. The molecule has 8 N–H and O–H groups in total. The van der Waals surface area contributed by atoms with E-state index in [2.05, 4.69) is 26.6 Å². The molecule has 0 saturated carbocycles. The van der Waals surface area contributed by atoms with Gasteiger partial charge in [-0.2, -0.15) is 4.31 Å². The van der Waals surface area contributed by atoms with Crippen molar-refractivity contribution >= 4 is 57.0 Å². The number of aryl methyl sites for hydroxylation is 1. The van der Waals surface area contributed by atoms with Crippen molar-refractivity contribution in [3.63, 3.8) is 0 Å². The third-order valence-corrected chi connectivity index (χ3v) is 12.4. The average Bonchev–Trinajstić information content (AvgIpc) is 3.67. The monoisotopic (exact) mass is 876 g/mol. The number of nitrogens with one attached hydrogen (secondary N) is 5. The summed E-state index contributed by atoms with van der Waals surface area (Å²) in [5.41, 5.74) is 8.30. The zero-order valence-corrected chi connectivity index (χ0v) is 36.6. The molecule has 1 heterocycles. The van der Waals surface area contributed by atoms with Crippen molar-refractivity contribution in [2.75, 3.05) is 37.3 Å². The summed E-state index contributed by atoms with van der Waals surface area (Å²) in [6.07, 6.45) is 2.27. The van der Waals surface area contributed by atoms with Crippen molar-refractivity contribution in [3.05, 3.63) is 90.0 Å². The van der Waals surface area contributed by atoms with Gasteiger partial charge in [0.25, 0.3) is 0 Å². The van der Waals surface area contributed by atoms with E-state index in [1.54, 1.807) is 48.5 Å². The molecule has 6 amide bonds. The van der Waals surface area contributed by atoms with Gasteiger partial charge >= 0.3 is 12.0 Å². The summed E-state index contributed by atoms with van der Waals surface area (Å²) in [6, 6.07) is 16.8. The number of amides is 6. The highest BCUT2D eigenvalue weighted by atomic mass is 32.2. The van der Waals surface area contributed by atoms with Crippen LogP contribution in [0, 0.1) is 12.8 Å². The number of hydrogen-bond donors (Lipinski definition) is 7. The van der Waals surface area contributed by atoms with Crippen molar-refractivity contribution in [1.82, 2.24) is 25.2 Å². The normalized spacial score (nSPS) is 16.2. The quantitative estimate of drug-likeness (QED) is 0.0723. The molecule has 1 fully saturated rings. The predicted molar refractivity (Wildman–Crippen MR) is 235 cm³/mol. The maximum atomic E-state index is 13.8. The molecule has 336 valence electrons. The second-order valence-corrected chi connectivity index (χ2v) is 17.8. The van der Waals surface area contributed by atoms with Crippen LogP contribution >= 0.6 is 0 Å². The van der Waals surface area contributed by atoms with Crippen molar-refractivity contribution in [3.8, 4) is 0 Å². The molecular formula is C44H60N8O9S. The topological polar surface area (TPSA) is 249 Å². The van der Waals surface area contributed by atoms with E-state index in [-0.39, 0.29) is 61.4 Å². The van der Waals surface area contributed by atoms with E-state index in [9.17, 15) is 42.3 Å². The molecule has 0 radical (unpaired) electrons. The van der Waals surface area contributed by atoms with Gasteiger partial charge in [0, 0.05) is 44.0 Å². The van der Waals surface area contributed by atoms with Gasteiger partial charge in [0.05, 0.1) is 11.3 Å². The highest BCUT2D eigenvalue weighted by Crippen LogP contribution is 2.27. The molecule has 0 aromatic heterocycles. The lowest BCUT2D eigenvalue weighted by Gasteiger charge is -2.29. The Morgan fingerprint density at radius 2 is 1.58 bits per heavy atom. The first kappa shape index (κ1) is 48.8. The van der Waals surface area contributed by atoms with Crippen LogP contribution in [0.1, 0.15) is 69.9 Å². The number of nitrogens with two attached hydrogens (primary N) is 1. The molecule has 4 atom stereocenters. The van der Waals surface area contributed by atoms with Gasteiger partial charge in [-0.3, -0.25) is 19.2 Å². The van der Waals surface area contributed by atoms with Crippen molar-refractivity contribution in [2.24, 2.45) is 11.7 Å². The first-order chi connectivity index (χ1) is 29.5. The minimum Gasteiger partial charge on any atom is -0.480 e. The van der Waals surface area contributed by atoms with Crippen LogP contribution in [0.3, 0.4) is 0 Å². The number of unbranched alkanes of at least 4 members (excludes halogenated alkanes) is 2. The fourth-order valence-corrected chi connectivity index (χ4v) is 8.76. The van der Waals surface area contributed by atoms with Crippen LogP contribution in [-0.4, -0.2) is 109 Å². The number of anilines is 2. The molecule has 3 aromatic rings. The van der Waals surface area contributed by atoms with Crippen LogP contribution < -0.4 is 32.3 Å². The number of nitrogens with zero attached hydrogens (tertiary/aromatic N) is 2. The second-order valence-electron chi connectivity index (χ2n) is 15.9. The number of urea groups is 1. The molecule has 17 nitrogen and oxygen atoms in total. The largest absolute Gasteiger partial charge is 0.480 e. The minimum atomic E-state index is -4.23. The zero-order valence-electron chi connectivity index (χ0n) is 35.8. The van der Waals surface area contributed by atoms with Gasteiger partial charge in [0.15, 0.2) is 0 Å². The van der Waals surface area contributed by atoms with Gasteiger partial charge in [0.2, 0.25) is 33.7 Å². The zero-order chi connectivity index (χ0) is 45.4. The third kappa shape index (κ3) is 14.4. The van der Waals surface area contributed by atoms with Crippen molar-refractivity contribution in [1.29, 1.82) is 0 Å². The number of likely N-dealkylation sites (N-methyl/N-ethyl adjacent to an activating group) is 1. The standard InChI is InChI=1S/C44H60N8O9S/c1-29(2)25-37(51(4)40(54)26-31-18-20-32(21-19-31)48-44(59)50-35-16-11-10-13-30(35)3)41(55)46-24-22-36(43(57)58)49-42(56)38-27-33(47-39(53)17-9-6-12-23-45)28-52(38)62(60,61)34-14-7-5-8-15-34/h5,7-8,10-11,13-16,18-21,29,33,36-38H,6,9,12,17,22-28,45H2,1-4H3,(H,46,55)(H,47,53)(H,49,56)(H,57,58)(H2,48,50,59)/t33-,36+,37+,38+/m1/s1. The molecular weight excluding hydrogens is 817 g/mol. The van der Waals surface area contributed by atoms with Gasteiger partial charge in [0.1, 0.15) is 18.1 Å². The first-order valence-corrected chi connectivity index (χ1v) is 22.3. The van der Waals surface area contributed by atoms with Gasteiger partial charge in [-0.15, -0.1) is 0 Å². The number of carboxylic acids is 1. The Bertz CT molecular complexity index is 2120. The Labute approximate surface area is 363 Å². The lowest BCUT2D eigenvalue weighted by Crippen LogP contribution is -2.52. The SMILES string of the molecule is Cc1ccccc1NC(=O)Nc1ccc(CC(=O)N(C)[C@@H](CC(C)C)C(=O)NCC[C@H](NC(=O)[C@@H]2C[C@@H](NC(=O)CCCCCN)CN2S(=O)(=O)c2ccccc2)C(=O)O)cc1. The maximum absolute atomic E-state index is 13.8. The molecule has 0 bridgehead atoms. The Balaban J connectivity index is 1.35. The number of carbonyl (C=O) groups is 6. The third-order valence-electron chi connectivity index (χ3n) is 10.5. The molecule has 1 aliphatic heterocycles. The van der Waals surface area contributed by atoms with E-state index < -0.39 is 58.0 Å². The average molecular weight is 877 g/mol. The molecule has 18 heteroatoms. The Morgan fingerprint density at radius 1 is 0.903 bits per heavy atom. The number of carboxylic acid groups (broad SMARTS) is 1. The number of para-hydroxylation sites is 1. The summed E-state index contributed by atoms with van der Waals surface area (Å²) in [5.74, 6) is -3.40. The highest BCUT2D eigenvalue weighted by molar-refractivity contribution is 7.89. The van der Waals surface area contributed by atoms with E-state index in [0.29, 0.717) is 36.3 Å². The molecule has 0 spiro atoms. The van der Waals surface area contributed by atoms with E-state index in [1.807, 2.05) is 39.0 Å². The van der Waals surface area contributed by atoms with Crippen LogP contribution in [-0.2, 0) is 40.4 Å². The predicted octanol–water partition coefficient (Wildman–Crippen LogP) is 3.60. The van der Waals surface area contributed by atoms with E-state index in [1.165, 1.54) is 24.1 Å². The molecule has 0 aliphatic carbocycles. The van der Waals surface area contributed by atoms with Crippen LogP contribution in [0.4, 0.5) is 16.2 Å². The van der Waals surface area contributed by atoms with E-state index >= 15 is 0 Å². The highest BCUT2D eigenvalue weighted by Gasteiger charge is 2.45. The number of sulfonamides is 1. The van der Waals surface area contributed by atoms with Crippen LogP contribution in [0.2, 0.25) is 0 Å². The summed E-state index contributed by atoms with van der Waals surface area (Å²) in [4.78, 5) is 79.7. The summed E-state index contributed by atoms with van der Waals surface area (Å²) in [6.45, 7) is 5.81. The summed E-state index contributed by atoms with van der Waals surface area (Å²) >= 11 is 0. The summed E-state index contributed by atoms with van der Waals surface area (Å²) in [7, 11) is -2.71. The van der Waals surface area contributed by atoms with E-state index in [4.69, 9.17) is 5.73 Å². The van der Waals surface area contributed by atoms with E-state index in [0.717, 1.165) is 22.7 Å². The van der Waals surface area contributed by atoms with Crippen LogP contribution in [0.25, 0.3) is 0 Å². The Hall–Kier alpha value is -5.85. The number of aliphatic carboxylic acids is 1. The molecule has 1 aliphatic rings. The molecule has 1 saturated heterocycles. The lowest BCUT2D eigenvalue weighted by molar-refractivity contribution is -0.142. The molecule has 0 unspecified atom stereocenters. The van der Waals surface area contributed by atoms with Gasteiger partial charge < -0.3 is 42.3 Å². The maximum Gasteiger partial charge on any atom is 0.326 e. The summed E-state index contributed by atoms with van der Waals surface area (Å²) in [5, 5.41) is 23.6. The molecule has 62 heavy (non-hydrogen) atoms. The first-order valence-electron chi connectivity index (χ1n) is 20.9. The Kier molecular flexibility index (Phi) is 18.4. The molecule has 3 aromatic carbocycles. The van der Waals surface area contributed by atoms with Crippen LogP contribution in [0.15, 0.2) is 83.8 Å². The smallest absolute Gasteiger partial charge is 0.326 e. The minimum absolute atomic E-state index is 0.00882.